The van der Waals surface area contributed by atoms with Crippen molar-refractivity contribution in [2.75, 3.05) is 0 Å². The summed E-state index contributed by atoms with van der Waals surface area (Å²) in [6.45, 7) is 2.55. The number of benzene rings is 1. The molecule has 0 bridgehead atoms. The zero-order valence-electron chi connectivity index (χ0n) is 8.24. The number of aromatic nitrogens is 1. The highest BCUT2D eigenvalue weighted by Crippen LogP contribution is 2.18. The Kier molecular flexibility index (Phi) is 3.23. The third-order valence-corrected chi connectivity index (χ3v) is 3.00. The Bertz CT molecular complexity index is 438. The van der Waals surface area contributed by atoms with Crippen molar-refractivity contribution in [3.05, 3.63) is 45.4 Å². The van der Waals surface area contributed by atoms with E-state index in [1.807, 2.05) is 37.4 Å². The van der Waals surface area contributed by atoms with Crippen molar-refractivity contribution in [1.82, 2.24) is 4.98 Å². The first-order valence-corrected chi connectivity index (χ1v) is 5.73. The van der Waals surface area contributed by atoms with Crippen LogP contribution in [-0.4, -0.2) is 4.98 Å². The summed E-state index contributed by atoms with van der Waals surface area (Å²) in [6, 6.07) is 7.34. The van der Waals surface area contributed by atoms with E-state index < -0.39 is 0 Å². The first-order chi connectivity index (χ1) is 7.24. The molecule has 0 saturated carbocycles. The van der Waals surface area contributed by atoms with Crippen LogP contribution in [0.15, 0.2) is 30.5 Å². The summed E-state index contributed by atoms with van der Waals surface area (Å²) in [6.07, 6.45) is 1.84. The third-order valence-electron chi connectivity index (χ3n) is 1.86. The van der Waals surface area contributed by atoms with Crippen LogP contribution < -0.4 is 4.74 Å². The average Bonchev–Trinajstić information content (AvgIpc) is 2.64. The second-order valence-electron chi connectivity index (χ2n) is 3.09. The summed E-state index contributed by atoms with van der Waals surface area (Å²) in [4.78, 5) is 5.29. The number of ether oxygens (including phenoxy) is 1. The van der Waals surface area contributed by atoms with Crippen molar-refractivity contribution >= 4 is 22.9 Å². The Morgan fingerprint density at radius 2 is 2.07 bits per heavy atom. The summed E-state index contributed by atoms with van der Waals surface area (Å²) in [5.41, 5.74) is 0. The van der Waals surface area contributed by atoms with E-state index in [2.05, 4.69) is 4.98 Å². The number of hydrogen-bond acceptors (Lipinski definition) is 3. The van der Waals surface area contributed by atoms with Crippen molar-refractivity contribution in [2.45, 2.75) is 13.5 Å². The largest absolute Gasteiger partial charge is 0.488 e. The summed E-state index contributed by atoms with van der Waals surface area (Å²) < 4.78 is 5.57. The summed E-state index contributed by atoms with van der Waals surface area (Å²) in [5.74, 6) is 0.824. The second-order valence-corrected chi connectivity index (χ2v) is 4.84. The molecule has 0 aliphatic rings. The van der Waals surface area contributed by atoms with Crippen LogP contribution in [0.1, 0.15) is 9.88 Å². The quantitative estimate of drug-likeness (QED) is 0.815. The van der Waals surface area contributed by atoms with E-state index in [1.165, 1.54) is 0 Å². The van der Waals surface area contributed by atoms with Crippen LogP contribution in [0.3, 0.4) is 0 Å². The number of hydrogen-bond donors (Lipinski definition) is 0. The van der Waals surface area contributed by atoms with Crippen molar-refractivity contribution in [3.63, 3.8) is 0 Å². The molecule has 0 radical (unpaired) electrons. The SMILES string of the molecule is Cc1ncc(COc2ccc(Cl)cc2)s1. The summed E-state index contributed by atoms with van der Waals surface area (Å²) in [5, 5.41) is 1.78. The maximum Gasteiger partial charge on any atom is 0.124 e. The standard InChI is InChI=1S/C11H10ClNOS/c1-8-13-6-11(15-8)7-14-10-4-2-9(12)3-5-10/h2-6H,7H2,1H3. The molecule has 0 atom stereocenters. The fraction of sp³-hybridized carbons (Fsp3) is 0.182. The topological polar surface area (TPSA) is 22.1 Å². The average molecular weight is 240 g/mol. The van der Waals surface area contributed by atoms with Crippen LogP contribution in [0.25, 0.3) is 0 Å². The second kappa shape index (κ2) is 4.64. The van der Waals surface area contributed by atoms with E-state index in [-0.39, 0.29) is 0 Å². The maximum absolute atomic E-state index is 5.77. The molecule has 15 heavy (non-hydrogen) atoms. The Morgan fingerprint density at radius 1 is 1.33 bits per heavy atom. The van der Waals surface area contributed by atoms with E-state index >= 15 is 0 Å². The molecular formula is C11H10ClNOS. The van der Waals surface area contributed by atoms with Gasteiger partial charge in [-0.1, -0.05) is 11.6 Å². The van der Waals surface area contributed by atoms with Crippen LogP contribution in [-0.2, 0) is 6.61 Å². The Hall–Kier alpha value is -1.06. The molecule has 4 heteroatoms. The minimum atomic E-state index is 0.563. The molecule has 0 saturated heterocycles. The zero-order valence-corrected chi connectivity index (χ0v) is 9.81. The van der Waals surface area contributed by atoms with Gasteiger partial charge < -0.3 is 4.74 Å². The van der Waals surface area contributed by atoms with Crippen molar-refractivity contribution in [1.29, 1.82) is 0 Å². The van der Waals surface area contributed by atoms with E-state index in [4.69, 9.17) is 16.3 Å². The molecule has 2 nitrogen and oxygen atoms in total. The zero-order chi connectivity index (χ0) is 10.7. The van der Waals surface area contributed by atoms with E-state index in [0.717, 1.165) is 20.7 Å². The molecule has 0 fully saturated rings. The van der Waals surface area contributed by atoms with Gasteiger partial charge in [-0.05, 0) is 31.2 Å². The minimum absolute atomic E-state index is 0.563. The summed E-state index contributed by atoms with van der Waals surface area (Å²) in [7, 11) is 0. The van der Waals surface area contributed by atoms with Gasteiger partial charge in [0.25, 0.3) is 0 Å². The van der Waals surface area contributed by atoms with E-state index in [0.29, 0.717) is 6.61 Å². The highest BCUT2D eigenvalue weighted by atomic mass is 35.5. The molecule has 78 valence electrons. The number of nitrogens with zero attached hydrogens (tertiary/aromatic N) is 1. The Morgan fingerprint density at radius 3 is 2.67 bits per heavy atom. The number of aryl methyl sites for hydroxylation is 1. The molecule has 1 aromatic heterocycles. The third kappa shape index (κ3) is 2.94. The molecule has 2 rings (SSSR count). The van der Waals surface area contributed by atoms with Gasteiger partial charge in [-0.3, -0.25) is 0 Å². The van der Waals surface area contributed by atoms with Crippen molar-refractivity contribution in [2.24, 2.45) is 0 Å². The fourth-order valence-electron chi connectivity index (χ4n) is 1.16. The highest BCUT2D eigenvalue weighted by Gasteiger charge is 1.99. The highest BCUT2D eigenvalue weighted by molar-refractivity contribution is 7.11. The molecule has 1 heterocycles. The lowest BCUT2D eigenvalue weighted by atomic mass is 10.3. The van der Waals surface area contributed by atoms with Gasteiger partial charge in [0.2, 0.25) is 0 Å². The van der Waals surface area contributed by atoms with Crippen LogP contribution in [0.5, 0.6) is 5.75 Å². The lowest BCUT2D eigenvalue weighted by molar-refractivity contribution is 0.309. The van der Waals surface area contributed by atoms with Gasteiger partial charge in [0, 0.05) is 11.2 Å². The molecule has 1 aromatic carbocycles. The van der Waals surface area contributed by atoms with Gasteiger partial charge in [0.15, 0.2) is 0 Å². The van der Waals surface area contributed by atoms with E-state index in [9.17, 15) is 0 Å². The van der Waals surface area contributed by atoms with Gasteiger partial charge in [0.05, 0.1) is 9.88 Å². The molecule has 0 N–H and O–H groups in total. The van der Waals surface area contributed by atoms with Crippen molar-refractivity contribution in [3.8, 4) is 5.75 Å². The molecule has 0 amide bonds. The van der Waals surface area contributed by atoms with Gasteiger partial charge in [-0.25, -0.2) is 4.98 Å². The normalized spacial score (nSPS) is 10.3. The maximum atomic E-state index is 5.77. The van der Waals surface area contributed by atoms with Crippen LogP contribution in [0, 0.1) is 6.92 Å². The molecule has 0 spiro atoms. The first-order valence-electron chi connectivity index (χ1n) is 4.54. The number of thiazole rings is 1. The van der Waals surface area contributed by atoms with Crippen LogP contribution >= 0.6 is 22.9 Å². The van der Waals surface area contributed by atoms with E-state index in [1.54, 1.807) is 11.3 Å². The Balaban J connectivity index is 1.96. The molecule has 0 aliphatic heterocycles. The smallest absolute Gasteiger partial charge is 0.124 e. The molecule has 0 unspecified atom stereocenters. The Labute approximate surface area is 97.5 Å². The first kappa shape index (κ1) is 10.5. The van der Waals surface area contributed by atoms with Crippen molar-refractivity contribution < 1.29 is 4.74 Å². The van der Waals surface area contributed by atoms with Gasteiger partial charge in [-0.2, -0.15) is 0 Å². The summed E-state index contributed by atoms with van der Waals surface area (Å²) >= 11 is 7.42. The number of halogens is 1. The fourth-order valence-corrected chi connectivity index (χ4v) is 1.99. The molecule has 2 aromatic rings. The van der Waals surface area contributed by atoms with Gasteiger partial charge in [0.1, 0.15) is 12.4 Å². The van der Waals surface area contributed by atoms with Gasteiger partial charge in [-0.15, -0.1) is 11.3 Å². The minimum Gasteiger partial charge on any atom is -0.488 e. The predicted octanol–water partition coefficient (Wildman–Crippen LogP) is 3.68. The van der Waals surface area contributed by atoms with Crippen LogP contribution in [0.4, 0.5) is 0 Å². The number of rotatable bonds is 3. The lowest BCUT2D eigenvalue weighted by Gasteiger charge is -2.03. The predicted molar refractivity (Wildman–Crippen MR) is 62.6 cm³/mol. The molecular weight excluding hydrogens is 230 g/mol. The van der Waals surface area contributed by atoms with Crippen LogP contribution in [0.2, 0.25) is 5.02 Å². The lowest BCUT2D eigenvalue weighted by Crippen LogP contribution is -1.92. The molecule has 0 aliphatic carbocycles. The monoisotopic (exact) mass is 239 g/mol. The van der Waals surface area contributed by atoms with Gasteiger partial charge >= 0.3 is 0 Å².